The lowest BCUT2D eigenvalue weighted by Crippen LogP contribution is -2.53. The second-order valence-electron chi connectivity index (χ2n) is 7.18. The molecule has 2 aliphatic heterocycles. The van der Waals surface area contributed by atoms with Crippen molar-refractivity contribution in [3.63, 3.8) is 0 Å². The van der Waals surface area contributed by atoms with Gasteiger partial charge in [0.25, 0.3) is 0 Å². The molecular formula is C18H25N3O2. The average molecular weight is 315 g/mol. The zero-order valence-corrected chi connectivity index (χ0v) is 13.9. The van der Waals surface area contributed by atoms with Crippen molar-refractivity contribution in [1.29, 1.82) is 5.26 Å². The molecule has 5 heteroatoms. The number of pyridine rings is 1. The van der Waals surface area contributed by atoms with Gasteiger partial charge in [-0.1, -0.05) is 13.8 Å². The molecule has 124 valence electrons. The molecule has 1 N–H and O–H groups in total. The molecule has 0 bridgehead atoms. The number of nitrogens with zero attached hydrogens (tertiary/aromatic N) is 3. The summed E-state index contributed by atoms with van der Waals surface area (Å²) in [4.78, 5) is 6.60. The van der Waals surface area contributed by atoms with Gasteiger partial charge in [-0.3, -0.25) is 0 Å². The normalized spacial score (nSPS) is 27.2. The Morgan fingerprint density at radius 1 is 1.43 bits per heavy atom. The fraction of sp³-hybridized carbons (Fsp3) is 0.667. The molecule has 5 nitrogen and oxygen atoms in total. The number of ether oxygens (including phenoxy) is 1. The van der Waals surface area contributed by atoms with Crippen molar-refractivity contribution < 1.29 is 9.84 Å². The summed E-state index contributed by atoms with van der Waals surface area (Å²) >= 11 is 0. The van der Waals surface area contributed by atoms with Crippen LogP contribution in [0.5, 0.6) is 0 Å². The standard InChI is InChI=1S/C18H25N3O2/c1-13(2)16-10-15(22)11-18(23-16)4-7-21(8-5-18)17-9-14(12-19)3-6-20-17/h3,6,9,13,15-16,22H,4-5,7-8,10-11H2,1-2H3/t15-,16-/m1/s1. The highest BCUT2D eigenvalue weighted by atomic mass is 16.5. The van der Waals surface area contributed by atoms with Crippen molar-refractivity contribution in [3.8, 4) is 6.07 Å². The Morgan fingerprint density at radius 3 is 2.83 bits per heavy atom. The van der Waals surface area contributed by atoms with Crippen molar-refractivity contribution in [3.05, 3.63) is 23.9 Å². The first-order valence-electron chi connectivity index (χ1n) is 8.48. The summed E-state index contributed by atoms with van der Waals surface area (Å²) in [6, 6.07) is 5.73. The highest BCUT2D eigenvalue weighted by molar-refractivity contribution is 5.45. The summed E-state index contributed by atoms with van der Waals surface area (Å²) in [7, 11) is 0. The van der Waals surface area contributed by atoms with Gasteiger partial charge in [-0.2, -0.15) is 5.26 Å². The number of aliphatic hydroxyl groups is 1. The molecule has 0 aromatic carbocycles. The van der Waals surface area contributed by atoms with E-state index in [2.05, 4.69) is 29.8 Å². The molecule has 2 aliphatic rings. The maximum absolute atomic E-state index is 10.3. The minimum absolute atomic E-state index is 0.144. The van der Waals surface area contributed by atoms with Crippen LogP contribution in [-0.4, -0.2) is 41.0 Å². The molecule has 1 spiro atoms. The number of hydrogen-bond donors (Lipinski definition) is 1. The van der Waals surface area contributed by atoms with Gasteiger partial charge in [0.2, 0.25) is 0 Å². The quantitative estimate of drug-likeness (QED) is 0.908. The minimum atomic E-state index is -0.261. The molecule has 0 radical (unpaired) electrons. The van der Waals surface area contributed by atoms with Gasteiger partial charge in [0.1, 0.15) is 5.82 Å². The number of aromatic nitrogens is 1. The SMILES string of the molecule is CC(C)[C@H]1C[C@@H](O)CC2(CCN(c3cc(C#N)ccn3)CC2)O1. The van der Waals surface area contributed by atoms with E-state index in [-0.39, 0.29) is 17.8 Å². The topological polar surface area (TPSA) is 69.4 Å². The monoisotopic (exact) mass is 315 g/mol. The van der Waals surface area contributed by atoms with Crippen molar-refractivity contribution in [2.24, 2.45) is 5.92 Å². The molecule has 23 heavy (non-hydrogen) atoms. The van der Waals surface area contributed by atoms with Crippen LogP contribution in [-0.2, 0) is 4.74 Å². The van der Waals surface area contributed by atoms with Crippen molar-refractivity contribution in [2.75, 3.05) is 18.0 Å². The summed E-state index contributed by atoms with van der Waals surface area (Å²) in [6.07, 6.45) is 4.84. The molecule has 2 atom stereocenters. The molecular weight excluding hydrogens is 290 g/mol. The van der Waals surface area contributed by atoms with Gasteiger partial charge < -0.3 is 14.7 Å². The van der Waals surface area contributed by atoms with Gasteiger partial charge in [-0.25, -0.2) is 4.98 Å². The van der Waals surface area contributed by atoms with Crippen LogP contribution in [0.4, 0.5) is 5.82 Å². The Labute approximate surface area is 137 Å². The summed E-state index contributed by atoms with van der Waals surface area (Å²) in [6.45, 7) is 6.00. The molecule has 0 aliphatic carbocycles. The van der Waals surface area contributed by atoms with E-state index in [1.807, 2.05) is 6.07 Å². The Balaban J connectivity index is 1.68. The van der Waals surface area contributed by atoms with Crippen LogP contribution in [0.1, 0.15) is 45.1 Å². The highest BCUT2D eigenvalue weighted by Crippen LogP contribution is 2.40. The molecule has 0 unspecified atom stereocenters. The third kappa shape index (κ3) is 3.49. The number of anilines is 1. The lowest BCUT2D eigenvalue weighted by molar-refractivity contribution is -0.183. The van der Waals surface area contributed by atoms with E-state index in [0.29, 0.717) is 11.5 Å². The summed E-state index contributed by atoms with van der Waals surface area (Å²) in [5, 5.41) is 19.3. The number of aliphatic hydroxyl groups excluding tert-OH is 1. The van der Waals surface area contributed by atoms with Crippen LogP contribution >= 0.6 is 0 Å². The zero-order chi connectivity index (χ0) is 16.4. The minimum Gasteiger partial charge on any atom is -0.393 e. The molecule has 0 saturated carbocycles. The lowest BCUT2D eigenvalue weighted by atomic mass is 9.80. The van der Waals surface area contributed by atoms with E-state index in [9.17, 15) is 5.11 Å². The molecule has 2 fully saturated rings. The van der Waals surface area contributed by atoms with Crippen LogP contribution < -0.4 is 4.90 Å². The average Bonchev–Trinajstić information content (AvgIpc) is 2.55. The number of hydrogen-bond acceptors (Lipinski definition) is 5. The van der Waals surface area contributed by atoms with E-state index in [0.717, 1.165) is 44.6 Å². The summed E-state index contributed by atoms with van der Waals surface area (Å²) < 4.78 is 6.42. The fourth-order valence-corrected chi connectivity index (χ4v) is 3.73. The van der Waals surface area contributed by atoms with Crippen molar-refractivity contribution in [1.82, 2.24) is 4.98 Å². The van der Waals surface area contributed by atoms with Crippen molar-refractivity contribution in [2.45, 2.75) is 57.3 Å². The Bertz CT molecular complexity index is 588. The highest BCUT2D eigenvalue weighted by Gasteiger charge is 2.44. The third-order valence-corrected chi connectivity index (χ3v) is 5.13. The van der Waals surface area contributed by atoms with Crippen LogP contribution in [0.25, 0.3) is 0 Å². The van der Waals surface area contributed by atoms with Gasteiger partial charge in [0, 0.05) is 25.7 Å². The smallest absolute Gasteiger partial charge is 0.129 e. The first kappa shape index (κ1) is 16.2. The Morgan fingerprint density at radius 2 is 2.17 bits per heavy atom. The maximum atomic E-state index is 10.3. The van der Waals surface area contributed by atoms with Crippen LogP contribution in [0.3, 0.4) is 0 Å². The fourth-order valence-electron chi connectivity index (χ4n) is 3.73. The number of nitriles is 1. The largest absolute Gasteiger partial charge is 0.393 e. The first-order chi connectivity index (χ1) is 11.0. The Hall–Kier alpha value is -1.64. The van der Waals surface area contributed by atoms with E-state index >= 15 is 0 Å². The number of piperidine rings is 1. The van der Waals surface area contributed by atoms with E-state index in [1.54, 1.807) is 12.3 Å². The van der Waals surface area contributed by atoms with E-state index in [1.165, 1.54) is 0 Å². The molecule has 1 aromatic heterocycles. The van der Waals surface area contributed by atoms with E-state index in [4.69, 9.17) is 10.00 Å². The first-order valence-corrected chi connectivity index (χ1v) is 8.48. The molecule has 1 aromatic rings. The predicted octanol–water partition coefficient (Wildman–Crippen LogP) is 2.49. The molecule has 3 rings (SSSR count). The summed E-state index contributed by atoms with van der Waals surface area (Å²) in [5.74, 6) is 1.28. The second-order valence-corrected chi connectivity index (χ2v) is 7.18. The maximum Gasteiger partial charge on any atom is 0.129 e. The number of rotatable bonds is 2. The third-order valence-electron chi connectivity index (χ3n) is 5.13. The van der Waals surface area contributed by atoms with Gasteiger partial charge >= 0.3 is 0 Å². The van der Waals surface area contributed by atoms with Crippen LogP contribution in [0.2, 0.25) is 0 Å². The summed E-state index contributed by atoms with van der Waals surface area (Å²) in [5.41, 5.74) is 0.440. The van der Waals surface area contributed by atoms with Crippen molar-refractivity contribution >= 4 is 5.82 Å². The molecule has 0 amide bonds. The molecule has 2 saturated heterocycles. The van der Waals surface area contributed by atoms with Gasteiger partial charge in [-0.15, -0.1) is 0 Å². The van der Waals surface area contributed by atoms with Gasteiger partial charge in [-0.05, 0) is 37.3 Å². The lowest BCUT2D eigenvalue weighted by Gasteiger charge is -2.49. The second kappa shape index (κ2) is 6.46. The predicted molar refractivity (Wildman–Crippen MR) is 88.1 cm³/mol. The van der Waals surface area contributed by atoms with Gasteiger partial charge in [0.05, 0.1) is 29.4 Å². The van der Waals surface area contributed by atoms with E-state index < -0.39 is 0 Å². The van der Waals surface area contributed by atoms with Crippen LogP contribution in [0, 0.1) is 17.2 Å². The zero-order valence-electron chi connectivity index (χ0n) is 13.9. The van der Waals surface area contributed by atoms with Gasteiger partial charge in [0.15, 0.2) is 0 Å². The molecule has 3 heterocycles. The van der Waals surface area contributed by atoms with Crippen LogP contribution in [0.15, 0.2) is 18.3 Å². The Kier molecular flexibility index (Phi) is 4.56.